The molecule has 0 spiro atoms. The molecule has 0 radical (unpaired) electrons. The normalized spacial score (nSPS) is 38.1. The molecule has 3 aliphatic heterocycles. The largest absolute Gasteiger partial charge is 0.479 e. The number of carboxylic acid groups (broad SMARTS) is 1. The van der Waals surface area contributed by atoms with E-state index in [2.05, 4.69) is 4.90 Å². The van der Waals surface area contributed by atoms with Crippen LogP contribution in [0.3, 0.4) is 0 Å². The Hall–Kier alpha value is -0.460. The zero-order chi connectivity index (χ0) is 11.3. The topological polar surface area (TPSA) is 43.5 Å². The Bertz CT molecular complexity index is 404. The Labute approximate surface area is 103 Å². The second kappa shape index (κ2) is 3.51. The molecule has 2 saturated heterocycles. The van der Waals surface area contributed by atoms with Crippen molar-refractivity contribution in [2.24, 2.45) is 0 Å². The molecule has 1 unspecified atom stereocenters. The number of fused-ring (bicyclic) bond motifs is 1. The maximum Gasteiger partial charge on any atom is 0.344 e. The van der Waals surface area contributed by atoms with E-state index < -0.39 is 11.5 Å². The van der Waals surface area contributed by atoms with Crippen molar-refractivity contribution < 1.29 is 14.5 Å². The summed E-state index contributed by atoms with van der Waals surface area (Å²) in [7, 11) is 0. The molecule has 4 nitrogen and oxygen atoms in total. The Morgan fingerprint density at radius 2 is 2.31 bits per heavy atom. The first-order chi connectivity index (χ1) is 7.69. The smallest absolute Gasteiger partial charge is 0.344 e. The van der Waals surface area contributed by atoms with Crippen molar-refractivity contribution in [2.45, 2.75) is 23.8 Å². The number of hydrogen-bond donors (Lipinski definition) is 1. The molecule has 3 aliphatic rings. The molecule has 0 bridgehead atoms. The summed E-state index contributed by atoms with van der Waals surface area (Å²) in [6, 6.07) is 0. The molecule has 16 heavy (non-hydrogen) atoms. The molecule has 86 valence electrons. The molecule has 0 aliphatic carbocycles. The summed E-state index contributed by atoms with van der Waals surface area (Å²) in [5, 5.41) is 9.57. The summed E-state index contributed by atoms with van der Waals surface area (Å²) in [4.78, 5) is 14.3. The van der Waals surface area contributed by atoms with Gasteiger partial charge >= 0.3 is 5.97 Å². The van der Waals surface area contributed by atoms with Crippen molar-refractivity contribution >= 4 is 41.2 Å². The fourth-order valence-corrected chi connectivity index (χ4v) is 4.86. The van der Waals surface area contributed by atoms with E-state index in [9.17, 15) is 9.90 Å². The second-order valence-electron chi connectivity index (χ2n) is 4.35. The minimum Gasteiger partial charge on any atom is -0.479 e. The number of carbonyl (C=O) groups is 1. The van der Waals surface area contributed by atoms with Crippen molar-refractivity contribution in [3.8, 4) is 0 Å². The number of hydrogen-bond acceptors (Lipinski definition) is 4. The van der Waals surface area contributed by atoms with Crippen molar-refractivity contribution in [2.75, 3.05) is 18.8 Å². The molecule has 2 fully saturated rings. The molecule has 3 rings (SSSR count). The van der Waals surface area contributed by atoms with E-state index in [-0.39, 0.29) is 5.37 Å². The van der Waals surface area contributed by atoms with Gasteiger partial charge in [-0.25, -0.2) is 4.79 Å². The fraction of sp³-hybridized carbons (Fsp3) is 0.700. The third-order valence-electron chi connectivity index (χ3n) is 3.63. The van der Waals surface area contributed by atoms with Crippen LogP contribution in [0.4, 0.5) is 0 Å². The number of nitrogens with zero attached hydrogens (tertiary/aromatic N) is 2. The lowest BCUT2D eigenvalue weighted by atomic mass is 9.88. The fourth-order valence-electron chi connectivity index (χ4n) is 2.83. The molecule has 3 heterocycles. The molecular formula is C10H13N2O2S2+. The van der Waals surface area contributed by atoms with Crippen LogP contribution in [0.15, 0.2) is 0 Å². The first kappa shape index (κ1) is 10.7. The highest BCUT2D eigenvalue weighted by molar-refractivity contribution is 8.01. The number of carboxylic acids is 1. The number of aliphatic carboxylic acids is 1. The van der Waals surface area contributed by atoms with Crippen molar-refractivity contribution in [1.82, 2.24) is 4.90 Å². The van der Waals surface area contributed by atoms with Crippen molar-refractivity contribution in [3.05, 3.63) is 0 Å². The van der Waals surface area contributed by atoms with Crippen molar-refractivity contribution in [1.29, 1.82) is 0 Å². The molecular weight excluding hydrogens is 244 g/mol. The average Bonchev–Trinajstić information content (AvgIpc) is 2.87. The first-order valence-corrected chi connectivity index (χ1v) is 6.91. The third-order valence-corrected chi connectivity index (χ3v) is 5.37. The van der Waals surface area contributed by atoms with Gasteiger partial charge in [0.15, 0.2) is 6.21 Å². The number of thiocarbonyl (C=S) groups is 1. The van der Waals surface area contributed by atoms with Gasteiger partial charge in [0.25, 0.3) is 10.5 Å². The number of likely N-dealkylation sites (tertiary alicyclic amines) is 1. The minimum absolute atomic E-state index is 0.00407. The highest BCUT2D eigenvalue weighted by Gasteiger charge is 2.75. The van der Waals surface area contributed by atoms with E-state index in [0.717, 1.165) is 31.7 Å². The molecule has 0 saturated carbocycles. The molecule has 0 aromatic carbocycles. The molecule has 1 N–H and O–H groups in total. The lowest BCUT2D eigenvalue weighted by Gasteiger charge is -2.44. The summed E-state index contributed by atoms with van der Waals surface area (Å²) < 4.78 is 1.95. The summed E-state index contributed by atoms with van der Waals surface area (Å²) >= 11 is 7.00. The van der Waals surface area contributed by atoms with Gasteiger partial charge in [-0.1, -0.05) is 11.8 Å². The summed E-state index contributed by atoms with van der Waals surface area (Å²) in [5.41, 5.74) is -0.899. The molecule has 0 aromatic heterocycles. The van der Waals surface area contributed by atoms with Crippen LogP contribution in [0.5, 0.6) is 0 Å². The van der Waals surface area contributed by atoms with Crippen molar-refractivity contribution in [3.63, 3.8) is 0 Å². The first-order valence-electron chi connectivity index (χ1n) is 5.45. The van der Waals surface area contributed by atoms with Gasteiger partial charge in [0.05, 0.1) is 5.75 Å². The van der Waals surface area contributed by atoms with E-state index in [1.807, 2.05) is 10.8 Å². The second-order valence-corrected chi connectivity index (χ2v) is 5.85. The number of thioether (sulfide) groups is 1. The lowest BCUT2D eigenvalue weighted by Crippen LogP contribution is -2.77. The van der Waals surface area contributed by atoms with Crippen LogP contribution in [-0.2, 0) is 4.79 Å². The van der Waals surface area contributed by atoms with Gasteiger partial charge in [-0.05, 0) is 25.1 Å². The lowest BCUT2D eigenvalue weighted by molar-refractivity contribution is -0.481. The summed E-state index contributed by atoms with van der Waals surface area (Å²) in [6.45, 7) is 1.72. The minimum atomic E-state index is -0.899. The SMILES string of the molecule is O=C(O)C1(N2CCCC2)C(=S)[N+]2=CCS[C@H]21. The number of rotatable bonds is 2. The Kier molecular flexibility index (Phi) is 2.35. The van der Waals surface area contributed by atoms with E-state index >= 15 is 0 Å². The van der Waals surface area contributed by atoms with E-state index in [1.165, 1.54) is 0 Å². The molecule has 0 amide bonds. The van der Waals surface area contributed by atoms with Crippen LogP contribution < -0.4 is 0 Å². The predicted molar refractivity (Wildman–Crippen MR) is 66.3 cm³/mol. The van der Waals surface area contributed by atoms with E-state index in [4.69, 9.17) is 12.2 Å². The summed E-state index contributed by atoms with van der Waals surface area (Å²) in [6.07, 6.45) is 4.17. The van der Waals surface area contributed by atoms with Gasteiger partial charge in [0.1, 0.15) is 0 Å². The molecule has 2 atom stereocenters. The average molecular weight is 257 g/mol. The Morgan fingerprint density at radius 3 is 2.94 bits per heavy atom. The quantitative estimate of drug-likeness (QED) is 0.573. The summed E-state index contributed by atoms with van der Waals surface area (Å²) in [5.74, 6) is 0.0941. The van der Waals surface area contributed by atoms with Crippen LogP contribution in [0, 0.1) is 0 Å². The van der Waals surface area contributed by atoms with Crippen LogP contribution >= 0.6 is 24.0 Å². The zero-order valence-electron chi connectivity index (χ0n) is 8.76. The van der Waals surface area contributed by atoms with Crippen LogP contribution in [0.2, 0.25) is 0 Å². The van der Waals surface area contributed by atoms with Crippen LogP contribution in [0.25, 0.3) is 0 Å². The van der Waals surface area contributed by atoms with E-state index in [0.29, 0.717) is 4.99 Å². The van der Waals surface area contributed by atoms with E-state index in [1.54, 1.807) is 11.8 Å². The van der Waals surface area contributed by atoms with Crippen LogP contribution in [-0.4, -0.2) is 61.5 Å². The molecule has 6 heteroatoms. The van der Waals surface area contributed by atoms with Gasteiger partial charge in [0, 0.05) is 13.1 Å². The predicted octanol–water partition coefficient (Wildman–Crippen LogP) is 0.403. The van der Waals surface area contributed by atoms with Gasteiger partial charge in [-0.3, -0.25) is 4.90 Å². The zero-order valence-corrected chi connectivity index (χ0v) is 10.4. The van der Waals surface area contributed by atoms with Gasteiger partial charge in [-0.15, -0.1) is 0 Å². The standard InChI is InChI=1S/C10H12N2O2S2/c13-9(14)10(11-3-1-2-4-11)7(15)12-5-6-16-8(10)12/h5,8H,1-4,6H2/p+1/t8-,10?/m0/s1. The van der Waals surface area contributed by atoms with Gasteiger partial charge in [0.2, 0.25) is 5.37 Å². The monoisotopic (exact) mass is 257 g/mol. The maximum atomic E-state index is 11.7. The van der Waals surface area contributed by atoms with Gasteiger partial charge < -0.3 is 5.11 Å². The molecule has 0 aromatic rings. The van der Waals surface area contributed by atoms with Crippen LogP contribution in [0.1, 0.15) is 12.8 Å². The Morgan fingerprint density at radius 1 is 1.62 bits per heavy atom. The highest BCUT2D eigenvalue weighted by Crippen LogP contribution is 2.44. The highest BCUT2D eigenvalue weighted by atomic mass is 32.2. The maximum absolute atomic E-state index is 11.7. The Balaban J connectivity index is 2.01. The van der Waals surface area contributed by atoms with Gasteiger partial charge in [-0.2, -0.15) is 4.58 Å². The third kappa shape index (κ3) is 1.07.